The Morgan fingerprint density at radius 3 is 2.82 bits per heavy atom. The van der Waals surface area contributed by atoms with E-state index in [-0.39, 0.29) is 17.2 Å². The van der Waals surface area contributed by atoms with E-state index in [0.29, 0.717) is 18.8 Å². The second-order valence-corrected chi connectivity index (χ2v) is 6.64. The third kappa shape index (κ3) is 4.62. The molecule has 0 saturated heterocycles. The van der Waals surface area contributed by atoms with E-state index in [1.54, 1.807) is 4.90 Å². The molecular formula is C14H21ClN4O3. The summed E-state index contributed by atoms with van der Waals surface area (Å²) in [6.45, 7) is 6.46. The second kappa shape index (κ2) is 6.56. The van der Waals surface area contributed by atoms with Crippen LogP contribution in [0.5, 0.6) is 0 Å². The van der Waals surface area contributed by atoms with Gasteiger partial charge in [-0.3, -0.25) is 4.79 Å². The Kier molecular flexibility index (Phi) is 4.95. The molecule has 0 radical (unpaired) electrons. The van der Waals surface area contributed by atoms with Crippen LogP contribution in [0.4, 0.5) is 10.5 Å². The van der Waals surface area contributed by atoms with E-state index in [1.807, 2.05) is 20.8 Å². The molecule has 0 bridgehead atoms. The Morgan fingerprint density at radius 1 is 1.55 bits per heavy atom. The number of aromatic amines is 1. The summed E-state index contributed by atoms with van der Waals surface area (Å²) in [6, 6.07) is 0.240. The monoisotopic (exact) mass is 328 g/mol. The van der Waals surface area contributed by atoms with Crippen molar-refractivity contribution in [3.63, 3.8) is 0 Å². The average molecular weight is 329 g/mol. The molecule has 2 N–H and O–H groups in total. The van der Waals surface area contributed by atoms with Crippen molar-refractivity contribution in [3.8, 4) is 0 Å². The van der Waals surface area contributed by atoms with Crippen molar-refractivity contribution in [2.24, 2.45) is 0 Å². The SMILES string of the molecule is CC(C)(C)OC(=O)N(CCNc1cn[nH]c(=O)c1Cl)C1CC1. The number of hydrogen-bond acceptors (Lipinski definition) is 5. The first-order valence-corrected chi connectivity index (χ1v) is 7.62. The van der Waals surface area contributed by atoms with Crippen molar-refractivity contribution in [1.82, 2.24) is 15.1 Å². The van der Waals surface area contributed by atoms with Crippen molar-refractivity contribution < 1.29 is 9.53 Å². The molecule has 22 heavy (non-hydrogen) atoms. The molecule has 1 amide bonds. The molecule has 1 aromatic rings. The van der Waals surface area contributed by atoms with Gasteiger partial charge in [0.05, 0.1) is 11.9 Å². The summed E-state index contributed by atoms with van der Waals surface area (Å²) >= 11 is 5.88. The Hall–Kier alpha value is -1.76. The summed E-state index contributed by atoms with van der Waals surface area (Å²) in [6.07, 6.45) is 3.12. The van der Waals surface area contributed by atoms with Crippen molar-refractivity contribution >= 4 is 23.4 Å². The first kappa shape index (κ1) is 16.6. The molecule has 8 heteroatoms. The number of anilines is 1. The van der Waals surface area contributed by atoms with Gasteiger partial charge in [0.15, 0.2) is 0 Å². The van der Waals surface area contributed by atoms with Gasteiger partial charge in [-0.15, -0.1) is 0 Å². The van der Waals surface area contributed by atoms with Crippen LogP contribution < -0.4 is 10.9 Å². The summed E-state index contributed by atoms with van der Waals surface area (Å²) in [5.41, 5.74) is -0.513. The van der Waals surface area contributed by atoms with Gasteiger partial charge in [0, 0.05) is 19.1 Å². The number of ether oxygens (including phenoxy) is 1. The number of carbonyl (C=O) groups is 1. The summed E-state index contributed by atoms with van der Waals surface area (Å²) in [5, 5.41) is 9.01. The molecule has 0 unspecified atom stereocenters. The molecule has 1 saturated carbocycles. The van der Waals surface area contributed by atoms with Gasteiger partial charge in [-0.05, 0) is 33.6 Å². The van der Waals surface area contributed by atoms with Gasteiger partial charge < -0.3 is 15.0 Å². The summed E-state index contributed by atoms with van der Waals surface area (Å²) in [5.74, 6) is 0. The minimum absolute atomic E-state index is 0.0604. The number of rotatable bonds is 5. The highest BCUT2D eigenvalue weighted by atomic mass is 35.5. The van der Waals surface area contributed by atoms with Crippen molar-refractivity contribution in [2.75, 3.05) is 18.4 Å². The minimum atomic E-state index is -0.516. The Bertz CT molecular complexity index is 592. The third-order valence-corrected chi connectivity index (χ3v) is 3.45. The van der Waals surface area contributed by atoms with Crippen LogP contribution in [0, 0.1) is 0 Å². The maximum atomic E-state index is 12.2. The molecule has 0 atom stereocenters. The number of hydrogen-bond donors (Lipinski definition) is 2. The lowest BCUT2D eigenvalue weighted by molar-refractivity contribution is 0.0242. The predicted molar refractivity (Wildman–Crippen MR) is 84.3 cm³/mol. The highest BCUT2D eigenvalue weighted by molar-refractivity contribution is 6.32. The van der Waals surface area contributed by atoms with Crippen LogP contribution in [0.2, 0.25) is 5.02 Å². The predicted octanol–water partition coefficient (Wildman–Crippen LogP) is 2.23. The van der Waals surface area contributed by atoms with E-state index in [2.05, 4.69) is 15.5 Å². The van der Waals surface area contributed by atoms with Crippen LogP contribution in [0.15, 0.2) is 11.0 Å². The van der Waals surface area contributed by atoms with E-state index in [0.717, 1.165) is 12.8 Å². The molecule has 1 fully saturated rings. The maximum absolute atomic E-state index is 12.2. The van der Waals surface area contributed by atoms with Crippen molar-refractivity contribution in [1.29, 1.82) is 0 Å². The molecule has 7 nitrogen and oxygen atoms in total. The molecule has 1 aromatic heterocycles. The number of nitrogens with one attached hydrogen (secondary N) is 2. The van der Waals surface area contributed by atoms with Crippen molar-refractivity contribution in [3.05, 3.63) is 21.6 Å². The molecule has 2 rings (SSSR count). The number of H-pyrrole nitrogens is 1. The van der Waals surface area contributed by atoms with E-state index < -0.39 is 11.2 Å². The van der Waals surface area contributed by atoms with Crippen molar-refractivity contribution in [2.45, 2.75) is 45.3 Å². The minimum Gasteiger partial charge on any atom is -0.444 e. The zero-order valence-corrected chi connectivity index (χ0v) is 13.7. The summed E-state index contributed by atoms with van der Waals surface area (Å²) in [4.78, 5) is 25.2. The van der Waals surface area contributed by atoms with Crippen LogP contribution in [0.25, 0.3) is 0 Å². The van der Waals surface area contributed by atoms with E-state index >= 15 is 0 Å². The standard InChI is InChI=1S/C14H21ClN4O3/c1-14(2,3)22-13(21)19(9-4-5-9)7-6-16-10-8-17-18-12(20)11(10)15/h8-9H,4-7H2,1-3H3,(H2,16,18,20). The topological polar surface area (TPSA) is 87.3 Å². The number of aromatic nitrogens is 2. The lowest BCUT2D eigenvalue weighted by atomic mass is 10.2. The molecular weight excluding hydrogens is 308 g/mol. The number of amides is 1. The molecule has 122 valence electrons. The normalized spacial score (nSPS) is 14.5. The molecule has 1 aliphatic rings. The van der Waals surface area contributed by atoms with Crippen LogP contribution >= 0.6 is 11.6 Å². The molecule has 0 spiro atoms. The summed E-state index contributed by atoms with van der Waals surface area (Å²) < 4.78 is 5.41. The number of halogens is 1. The number of nitrogens with zero attached hydrogens (tertiary/aromatic N) is 2. The van der Waals surface area contributed by atoms with E-state index in [9.17, 15) is 9.59 Å². The van der Waals surface area contributed by atoms with Crippen LogP contribution in [-0.4, -0.2) is 45.9 Å². The van der Waals surface area contributed by atoms with Gasteiger partial charge >= 0.3 is 6.09 Å². The van der Waals surface area contributed by atoms with Gasteiger partial charge in [-0.2, -0.15) is 5.10 Å². The fraction of sp³-hybridized carbons (Fsp3) is 0.643. The Labute approximate surface area is 134 Å². The Balaban J connectivity index is 1.91. The van der Waals surface area contributed by atoms with Crippen LogP contribution in [-0.2, 0) is 4.74 Å². The zero-order valence-electron chi connectivity index (χ0n) is 13.0. The first-order chi connectivity index (χ1) is 10.3. The van der Waals surface area contributed by atoms with Crippen LogP contribution in [0.3, 0.4) is 0 Å². The lowest BCUT2D eigenvalue weighted by Gasteiger charge is -2.27. The average Bonchev–Trinajstić information content (AvgIpc) is 3.21. The largest absolute Gasteiger partial charge is 0.444 e. The van der Waals surface area contributed by atoms with Gasteiger partial charge in [0.2, 0.25) is 0 Å². The lowest BCUT2D eigenvalue weighted by Crippen LogP contribution is -2.40. The molecule has 0 aliphatic heterocycles. The summed E-state index contributed by atoms with van der Waals surface area (Å²) in [7, 11) is 0. The second-order valence-electron chi connectivity index (χ2n) is 6.26. The third-order valence-electron chi connectivity index (χ3n) is 3.08. The van der Waals surface area contributed by atoms with Gasteiger partial charge in [-0.1, -0.05) is 11.6 Å². The number of carbonyl (C=O) groups excluding carboxylic acids is 1. The highest BCUT2D eigenvalue weighted by Gasteiger charge is 2.34. The zero-order chi connectivity index (χ0) is 16.3. The van der Waals surface area contributed by atoms with Gasteiger partial charge in [0.1, 0.15) is 10.6 Å². The van der Waals surface area contributed by atoms with Gasteiger partial charge in [-0.25, -0.2) is 9.89 Å². The Morgan fingerprint density at radius 2 is 2.23 bits per heavy atom. The van der Waals surface area contributed by atoms with E-state index in [4.69, 9.17) is 16.3 Å². The molecule has 0 aromatic carbocycles. The van der Waals surface area contributed by atoms with Gasteiger partial charge in [0.25, 0.3) is 5.56 Å². The molecule has 1 aliphatic carbocycles. The quantitative estimate of drug-likeness (QED) is 0.865. The fourth-order valence-electron chi connectivity index (χ4n) is 1.95. The van der Waals surface area contributed by atoms with E-state index in [1.165, 1.54) is 6.20 Å². The maximum Gasteiger partial charge on any atom is 0.410 e. The molecule has 1 heterocycles. The van der Waals surface area contributed by atoms with Crippen LogP contribution in [0.1, 0.15) is 33.6 Å². The fourth-order valence-corrected chi connectivity index (χ4v) is 2.11. The highest BCUT2D eigenvalue weighted by Crippen LogP contribution is 2.28. The first-order valence-electron chi connectivity index (χ1n) is 7.24. The smallest absolute Gasteiger partial charge is 0.410 e.